The van der Waals surface area contributed by atoms with Crippen molar-refractivity contribution in [1.82, 2.24) is 40.0 Å². The van der Waals surface area contributed by atoms with Crippen LogP contribution < -0.4 is 20.9 Å². The lowest BCUT2D eigenvalue weighted by atomic mass is 9.91. The molecule has 0 spiro atoms. The van der Waals surface area contributed by atoms with E-state index in [-0.39, 0.29) is 35.5 Å². The van der Waals surface area contributed by atoms with Gasteiger partial charge in [-0.3, -0.25) is 23.9 Å². The molecule has 13 nitrogen and oxygen atoms in total. The highest BCUT2D eigenvalue weighted by molar-refractivity contribution is 6.01. The summed E-state index contributed by atoms with van der Waals surface area (Å²) in [4.78, 5) is 30.5. The average Bonchev–Trinajstić information content (AvgIpc) is 3.95. The van der Waals surface area contributed by atoms with Gasteiger partial charge in [0.25, 0.3) is 5.91 Å². The molecule has 0 radical (unpaired) electrons. The molecule has 1 saturated heterocycles. The summed E-state index contributed by atoms with van der Waals surface area (Å²) in [5, 5.41) is 27.4. The first-order valence-corrected chi connectivity index (χ1v) is 16.3. The first-order valence-electron chi connectivity index (χ1n) is 16.3. The Morgan fingerprint density at radius 3 is 2.54 bits per heavy atom. The number of anilines is 4. The summed E-state index contributed by atoms with van der Waals surface area (Å²) < 4.78 is 4.08. The van der Waals surface area contributed by atoms with Crippen LogP contribution in [0.5, 0.6) is 0 Å². The molecular formula is C33H39N11O2. The standard InChI is InChI=1S/C33H39N11O2/c1-4-27-31-24(15-34-44(31)22-17-43(18-22)16-21-12-13-41(2)40-21)23-6-5-7-25(30(23)42(27)3)36-26-14-28(37-32(45)19-8-9-19)38-39-29(26)33(46)35-20-10-11-20/h5-7,12-15,19-20,22,27H,4,8-11,16-18H2,1-3H3,(H,35,46)(H2,36,37,38,45). The number of fused-ring (bicyclic) bond motifs is 3. The van der Waals surface area contributed by atoms with Crippen LogP contribution in [0.3, 0.4) is 0 Å². The summed E-state index contributed by atoms with van der Waals surface area (Å²) in [5.41, 5.74) is 7.10. The van der Waals surface area contributed by atoms with Gasteiger partial charge in [-0.25, -0.2) is 0 Å². The molecule has 0 bridgehead atoms. The minimum Gasteiger partial charge on any atom is -0.364 e. The van der Waals surface area contributed by atoms with Crippen LogP contribution in [0, 0.1) is 5.92 Å². The van der Waals surface area contributed by atoms with Gasteiger partial charge in [-0.1, -0.05) is 19.1 Å². The Morgan fingerprint density at radius 2 is 1.83 bits per heavy atom. The van der Waals surface area contributed by atoms with Gasteiger partial charge in [0.05, 0.1) is 46.7 Å². The largest absolute Gasteiger partial charge is 0.364 e. The SMILES string of the molecule is CCC1c2c(cnn2C2CN(Cc3ccn(C)n3)C2)-c2cccc(Nc3cc(NC(=O)C4CC4)nnc3C(=O)NC3CC3)c2N1C. The Labute approximate surface area is 267 Å². The lowest BCUT2D eigenvalue weighted by molar-refractivity contribution is -0.117. The van der Waals surface area contributed by atoms with Crippen LogP contribution in [0.15, 0.2) is 42.7 Å². The number of carbonyl (C=O) groups is 2. The van der Waals surface area contributed by atoms with Gasteiger partial charge in [0.2, 0.25) is 5.91 Å². The lowest BCUT2D eigenvalue weighted by Gasteiger charge is -2.42. The number of aromatic nitrogens is 6. The second kappa shape index (κ2) is 11.2. The van der Waals surface area contributed by atoms with Crippen LogP contribution in [0.4, 0.5) is 22.9 Å². The van der Waals surface area contributed by atoms with Crippen molar-refractivity contribution in [1.29, 1.82) is 0 Å². The van der Waals surface area contributed by atoms with Crippen LogP contribution >= 0.6 is 0 Å². The van der Waals surface area contributed by atoms with E-state index in [0.717, 1.165) is 79.9 Å². The fourth-order valence-corrected chi connectivity index (χ4v) is 6.77. The third-order valence-corrected chi connectivity index (χ3v) is 9.51. The number of aryl methyl sites for hydroxylation is 1. The van der Waals surface area contributed by atoms with Crippen molar-refractivity contribution in [2.75, 3.05) is 35.7 Å². The molecule has 46 heavy (non-hydrogen) atoms. The Hall–Kier alpha value is -4.78. The van der Waals surface area contributed by atoms with Gasteiger partial charge in [0, 0.05) is 69.1 Å². The average molecular weight is 622 g/mol. The summed E-state index contributed by atoms with van der Waals surface area (Å²) in [7, 11) is 4.07. The maximum absolute atomic E-state index is 13.2. The summed E-state index contributed by atoms with van der Waals surface area (Å²) in [6.45, 7) is 4.91. The van der Waals surface area contributed by atoms with Gasteiger partial charge in [0.15, 0.2) is 11.5 Å². The van der Waals surface area contributed by atoms with Crippen molar-refractivity contribution in [3.63, 3.8) is 0 Å². The normalized spacial score (nSPS) is 19.3. The topological polar surface area (TPSA) is 138 Å². The zero-order valence-corrected chi connectivity index (χ0v) is 26.4. The smallest absolute Gasteiger partial charge is 0.274 e. The Morgan fingerprint density at radius 1 is 1.00 bits per heavy atom. The third-order valence-electron chi connectivity index (χ3n) is 9.51. The van der Waals surface area contributed by atoms with Crippen molar-refractivity contribution >= 4 is 34.7 Å². The molecule has 2 aliphatic heterocycles. The maximum atomic E-state index is 13.2. The first kappa shape index (κ1) is 28.7. The minimum absolute atomic E-state index is 0.0239. The Kier molecular flexibility index (Phi) is 7.00. The fourth-order valence-electron chi connectivity index (χ4n) is 6.77. The molecular weight excluding hydrogens is 582 g/mol. The quantitative estimate of drug-likeness (QED) is 0.240. The number of nitrogens with zero attached hydrogens (tertiary/aromatic N) is 8. The molecule has 1 unspecified atom stereocenters. The molecule has 4 aromatic rings. The molecule has 2 amide bonds. The number of hydrogen-bond acceptors (Lipinski definition) is 9. The number of likely N-dealkylation sites (tertiary alicyclic amines) is 1. The molecule has 4 aliphatic rings. The molecule has 8 rings (SSSR count). The van der Waals surface area contributed by atoms with Gasteiger partial charge in [0.1, 0.15) is 0 Å². The summed E-state index contributed by atoms with van der Waals surface area (Å²) in [6.07, 6.45) is 8.59. The van der Waals surface area contributed by atoms with Gasteiger partial charge in [-0.2, -0.15) is 10.2 Å². The van der Waals surface area contributed by atoms with Crippen LogP contribution in [0.1, 0.15) is 73.0 Å². The van der Waals surface area contributed by atoms with Crippen molar-refractivity contribution in [3.05, 3.63) is 59.8 Å². The Balaban J connectivity index is 1.10. The van der Waals surface area contributed by atoms with Gasteiger partial charge in [-0.05, 0) is 44.2 Å². The lowest BCUT2D eigenvalue weighted by Crippen LogP contribution is -2.48. The van der Waals surface area contributed by atoms with Gasteiger partial charge < -0.3 is 20.9 Å². The van der Waals surface area contributed by atoms with Crippen LogP contribution in [-0.2, 0) is 18.4 Å². The van der Waals surface area contributed by atoms with E-state index in [2.05, 4.69) is 71.8 Å². The predicted octanol–water partition coefficient (Wildman–Crippen LogP) is 4.02. The number of benzene rings is 1. The Bertz CT molecular complexity index is 1820. The minimum atomic E-state index is -0.275. The van der Waals surface area contributed by atoms with Gasteiger partial charge >= 0.3 is 0 Å². The predicted molar refractivity (Wildman–Crippen MR) is 174 cm³/mol. The highest BCUT2D eigenvalue weighted by atomic mass is 16.2. The zero-order valence-electron chi connectivity index (χ0n) is 26.4. The zero-order chi connectivity index (χ0) is 31.5. The molecule has 1 aromatic carbocycles. The van der Waals surface area contributed by atoms with Crippen molar-refractivity contribution in [3.8, 4) is 11.1 Å². The van der Waals surface area contributed by atoms with E-state index in [1.54, 1.807) is 6.07 Å². The number of nitrogens with one attached hydrogen (secondary N) is 3. The van der Waals surface area contributed by atoms with E-state index in [1.807, 2.05) is 36.3 Å². The van der Waals surface area contributed by atoms with E-state index in [0.29, 0.717) is 17.5 Å². The van der Waals surface area contributed by atoms with Gasteiger partial charge in [-0.15, -0.1) is 10.2 Å². The van der Waals surface area contributed by atoms with Crippen molar-refractivity contribution in [2.24, 2.45) is 13.0 Å². The van der Waals surface area contributed by atoms with E-state index >= 15 is 0 Å². The van der Waals surface area contributed by atoms with Crippen LogP contribution in [0.2, 0.25) is 0 Å². The van der Waals surface area contributed by atoms with Crippen molar-refractivity contribution < 1.29 is 9.59 Å². The molecule has 2 saturated carbocycles. The highest BCUT2D eigenvalue weighted by Gasteiger charge is 2.38. The molecule has 5 heterocycles. The summed E-state index contributed by atoms with van der Waals surface area (Å²) in [5.74, 6) is 0.0149. The second-order valence-corrected chi connectivity index (χ2v) is 13.1. The molecule has 3 fully saturated rings. The number of carbonyl (C=O) groups excluding carboxylic acids is 2. The van der Waals surface area contributed by atoms with Crippen LogP contribution in [-0.4, -0.2) is 72.7 Å². The maximum Gasteiger partial charge on any atom is 0.274 e. The highest BCUT2D eigenvalue weighted by Crippen LogP contribution is 2.50. The molecule has 1 atom stereocenters. The fraction of sp³-hybridized carbons (Fsp3) is 0.455. The van der Waals surface area contributed by atoms with Crippen LogP contribution in [0.25, 0.3) is 11.1 Å². The van der Waals surface area contributed by atoms with E-state index < -0.39 is 0 Å². The molecule has 3 N–H and O–H groups in total. The van der Waals surface area contributed by atoms with E-state index in [4.69, 9.17) is 5.10 Å². The monoisotopic (exact) mass is 621 g/mol. The first-order chi connectivity index (χ1) is 22.4. The molecule has 2 aliphatic carbocycles. The number of amides is 2. The number of hydrogen-bond donors (Lipinski definition) is 3. The molecule has 13 heteroatoms. The van der Waals surface area contributed by atoms with E-state index in [1.165, 1.54) is 5.69 Å². The third kappa shape index (κ3) is 5.27. The molecule has 3 aromatic heterocycles. The van der Waals surface area contributed by atoms with Crippen molar-refractivity contribution in [2.45, 2.75) is 63.7 Å². The number of para-hydroxylation sites is 1. The summed E-state index contributed by atoms with van der Waals surface area (Å²) >= 11 is 0. The second-order valence-electron chi connectivity index (χ2n) is 13.1. The summed E-state index contributed by atoms with van der Waals surface area (Å²) in [6, 6.07) is 10.5. The number of rotatable bonds is 10. The van der Waals surface area contributed by atoms with E-state index in [9.17, 15) is 9.59 Å². The molecule has 238 valence electrons.